The van der Waals surface area contributed by atoms with Crippen molar-refractivity contribution < 1.29 is 8.42 Å². The van der Waals surface area contributed by atoms with Gasteiger partial charge < -0.3 is 0 Å². The normalized spacial score (nSPS) is 11.5. The van der Waals surface area contributed by atoms with E-state index in [-0.39, 0.29) is 6.54 Å². The van der Waals surface area contributed by atoms with Crippen LogP contribution in [-0.4, -0.2) is 24.6 Å². The lowest BCUT2D eigenvalue weighted by atomic mass is 10.4. The molecule has 6 heteroatoms. The summed E-state index contributed by atoms with van der Waals surface area (Å²) in [6.07, 6.45) is 4.25. The molecule has 0 atom stereocenters. The zero-order chi connectivity index (χ0) is 9.90. The molecule has 0 amide bonds. The largest absolute Gasteiger partial charge is 0.258 e. The smallest absolute Gasteiger partial charge is 0.209 e. The van der Waals surface area contributed by atoms with Crippen LogP contribution in [0.1, 0.15) is 11.4 Å². The van der Waals surface area contributed by atoms with E-state index in [9.17, 15) is 8.42 Å². The highest BCUT2D eigenvalue weighted by atomic mass is 32.2. The average Bonchev–Trinajstić information content (AvgIpc) is 2.02. The van der Waals surface area contributed by atoms with Gasteiger partial charge >= 0.3 is 0 Å². The van der Waals surface area contributed by atoms with Crippen LogP contribution in [0.5, 0.6) is 0 Å². The van der Waals surface area contributed by atoms with Crippen molar-refractivity contribution in [3.63, 3.8) is 0 Å². The van der Waals surface area contributed by atoms with E-state index in [4.69, 9.17) is 0 Å². The summed E-state index contributed by atoms with van der Waals surface area (Å²) in [5, 5.41) is 0. The van der Waals surface area contributed by atoms with E-state index >= 15 is 0 Å². The molecule has 0 fully saturated rings. The van der Waals surface area contributed by atoms with Gasteiger partial charge in [-0.2, -0.15) is 0 Å². The van der Waals surface area contributed by atoms with Crippen LogP contribution in [0.15, 0.2) is 12.4 Å². The Hall–Kier alpha value is -1.01. The van der Waals surface area contributed by atoms with Gasteiger partial charge in [-0.25, -0.2) is 13.1 Å². The summed E-state index contributed by atoms with van der Waals surface area (Å²) in [5.74, 6) is 0. The molecule has 0 aliphatic heterocycles. The summed E-state index contributed by atoms with van der Waals surface area (Å²) in [7, 11) is -3.15. The molecule has 1 aromatic heterocycles. The Kier molecular flexibility index (Phi) is 2.94. The van der Waals surface area contributed by atoms with Gasteiger partial charge in [-0.15, -0.1) is 0 Å². The quantitative estimate of drug-likeness (QED) is 0.737. The van der Waals surface area contributed by atoms with Crippen LogP contribution in [0, 0.1) is 6.92 Å². The van der Waals surface area contributed by atoms with Crippen LogP contribution in [-0.2, 0) is 16.6 Å². The zero-order valence-electron chi connectivity index (χ0n) is 7.48. The van der Waals surface area contributed by atoms with Crippen LogP contribution in [0.3, 0.4) is 0 Å². The molecule has 1 N–H and O–H groups in total. The van der Waals surface area contributed by atoms with E-state index in [1.54, 1.807) is 12.4 Å². The first-order chi connectivity index (χ1) is 5.97. The lowest BCUT2D eigenvalue weighted by molar-refractivity contribution is 0.586. The SMILES string of the molecule is Cc1cnc(CNS(C)(=O)=O)cn1. The number of nitrogens with zero attached hydrogens (tertiary/aromatic N) is 2. The van der Waals surface area contributed by atoms with Crippen molar-refractivity contribution in [2.45, 2.75) is 13.5 Å². The van der Waals surface area contributed by atoms with Gasteiger partial charge in [-0.1, -0.05) is 0 Å². The first-order valence-electron chi connectivity index (χ1n) is 3.69. The summed E-state index contributed by atoms with van der Waals surface area (Å²) in [4.78, 5) is 7.97. The van der Waals surface area contributed by atoms with E-state index in [0.29, 0.717) is 5.69 Å². The van der Waals surface area contributed by atoms with Crippen LogP contribution in [0.2, 0.25) is 0 Å². The molecule has 0 bridgehead atoms. The maximum atomic E-state index is 10.7. The molecule has 0 radical (unpaired) electrons. The molecule has 1 aromatic rings. The van der Waals surface area contributed by atoms with E-state index in [2.05, 4.69) is 14.7 Å². The molecule has 0 spiro atoms. The summed E-state index contributed by atoms with van der Waals surface area (Å²) in [6, 6.07) is 0. The third-order valence-corrected chi connectivity index (χ3v) is 2.02. The fraction of sp³-hybridized carbons (Fsp3) is 0.429. The van der Waals surface area contributed by atoms with Crippen molar-refractivity contribution in [3.05, 3.63) is 23.8 Å². The predicted octanol–water partition coefficient (Wildman–Crippen LogP) is -0.166. The molecule has 0 aliphatic carbocycles. The van der Waals surface area contributed by atoms with Gasteiger partial charge in [0.2, 0.25) is 10.0 Å². The second-order valence-corrected chi connectivity index (χ2v) is 4.58. The molecule has 1 rings (SSSR count). The van der Waals surface area contributed by atoms with Crippen LogP contribution in [0.4, 0.5) is 0 Å². The fourth-order valence-electron chi connectivity index (χ4n) is 0.716. The molecule has 0 saturated carbocycles. The number of sulfonamides is 1. The second kappa shape index (κ2) is 3.80. The van der Waals surface area contributed by atoms with Crippen molar-refractivity contribution in [2.75, 3.05) is 6.26 Å². The minimum atomic E-state index is -3.15. The third kappa shape index (κ3) is 3.95. The number of aryl methyl sites for hydroxylation is 1. The highest BCUT2D eigenvalue weighted by molar-refractivity contribution is 7.88. The molecular weight excluding hydrogens is 190 g/mol. The van der Waals surface area contributed by atoms with Crippen molar-refractivity contribution in [3.8, 4) is 0 Å². The molecule has 5 nitrogen and oxygen atoms in total. The standard InChI is InChI=1S/C7H11N3O2S/c1-6-3-9-7(4-8-6)5-10-13(2,11)12/h3-4,10H,5H2,1-2H3. The highest BCUT2D eigenvalue weighted by Gasteiger charge is 2.01. The third-order valence-electron chi connectivity index (χ3n) is 1.35. The lowest BCUT2D eigenvalue weighted by Gasteiger charge is -2.00. The molecule has 0 aliphatic rings. The summed E-state index contributed by atoms with van der Waals surface area (Å²) < 4.78 is 23.8. The van der Waals surface area contributed by atoms with Crippen LogP contribution in [0.25, 0.3) is 0 Å². The van der Waals surface area contributed by atoms with Crippen molar-refractivity contribution >= 4 is 10.0 Å². The summed E-state index contributed by atoms with van der Waals surface area (Å²) in [5.41, 5.74) is 1.42. The van der Waals surface area contributed by atoms with Gasteiger partial charge in [0.25, 0.3) is 0 Å². The van der Waals surface area contributed by atoms with Crippen LogP contribution >= 0.6 is 0 Å². The van der Waals surface area contributed by atoms with Crippen molar-refractivity contribution in [1.82, 2.24) is 14.7 Å². The number of nitrogens with one attached hydrogen (secondary N) is 1. The number of hydrogen-bond acceptors (Lipinski definition) is 4. The number of hydrogen-bond donors (Lipinski definition) is 1. The van der Waals surface area contributed by atoms with Crippen molar-refractivity contribution in [2.24, 2.45) is 0 Å². The van der Waals surface area contributed by atoms with Gasteiger partial charge in [0.1, 0.15) is 0 Å². The Morgan fingerprint density at radius 1 is 1.38 bits per heavy atom. The molecule has 13 heavy (non-hydrogen) atoms. The Labute approximate surface area is 77.3 Å². The Bertz CT molecular complexity index is 371. The fourth-order valence-corrected chi connectivity index (χ4v) is 1.13. The first kappa shape index (κ1) is 10.1. The minimum absolute atomic E-state index is 0.187. The van der Waals surface area contributed by atoms with Gasteiger partial charge in [0.05, 0.1) is 30.4 Å². The summed E-state index contributed by atoms with van der Waals surface area (Å²) >= 11 is 0. The monoisotopic (exact) mass is 201 g/mol. The van der Waals surface area contributed by atoms with Gasteiger partial charge in [-0.05, 0) is 6.92 Å². The van der Waals surface area contributed by atoms with Crippen LogP contribution < -0.4 is 4.72 Å². The maximum Gasteiger partial charge on any atom is 0.209 e. The van der Waals surface area contributed by atoms with E-state index in [0.717, 1.165) is 11.9 Å². The summed E-state index contributed by atoms with van der Waals surface area (Å²) in [6.45, 7) is 2.01. The second-order valence-electron chi connectivity index (χ2n) is 2.74. The predicted molar refractivity (Wildman–Crippen MR) is 48.5 cm³/mol. The number of aromatic nitrogens is 2. The molecule has 0 unspecified atom stereocenters. The average molecular weight is 201 g/mol. The van der Waals surface area contributed by atoms with E-state index in [1.165, 1.54) is 0 Å². The molecule has 0 aromatic carbocycles. The Morgan fingerprint density at radius 3 is 2.54 bits per heavy atom. The van der Waals surface area contributed by atoms with Gasteiger partial charge in [0.15, 0.2) is 0 Å². The molecular formula is C7H11N3O2S. The molecule has 1 heterocycles. The first-order valence-corrected chi connectivity index (χ1v) is 5.59. The van der Waals surface area contributed by atoms with Crippen molar-refractivity contribution in [1.29, 1.82) is 0 Å². The topological polar surface area (TPSA) is 72.0 Å². The molecule has 0 saturated heterocycles. The zero-order valence-corrected chi connectivity index (χ0v) is 8.30. The van der Waals surface area contributed by atoms with E-state index < -0.39 is 10.0 Å². The number of rotatable bonds is 3. The Morgan fingerprint density at radius 2 is 2.08 bits per heavy atom. The van der Waals surface area contributed by atoms with E-state index in [1.807, 2.05) is 6.92 Å². The minimum Gasteiger partial charge on any atom is -0.258 e. The lowest BCUT2D eigenvalue weighted by Crippen LogP contribution is -2.21. The van der Waals surface area contributed by atoms with Gasteiger partial charge in [0, 0.05) is 6.20 Å². The Balaban J connectivity index is 2.61. The maximum absolute atomic E-state index is 10.7. The molecule has 72 valence electrons. The highest BCUT2D eigenvalue weighted by Crippen LogP contribution is 1.93. The van der Waals surface area contributed by atoms with Gasteiger partial charge in [-0.3, -0.25) is 9.97 Å².